The molecule has 0 N–H and O–H groups in total. The number of anilines is 1. The lowest BCUT2D eigenvalue weighted by Gasteiger charge is -2.36. The normalized spacial score (nSPS) is 13.5. The molecule has 9 nitrogen and oxygen atoms in total. The second-order valence-electron chi connectivity index (χ2n) is 8.97. The maximum absolute atomic E-state index is 13.6. The van der Waals surface area contributed by atoms with Gasteiger partial charge in [0.1, 0.15) is 17.3 Å². The summed E-state index contributed by atoms with van der Waals surface area (Å²) in [5.74, 6) is 2.13. The number of hydrogen-bond acceptors (Lipinski definition) is 7. The number of rotatable bonds is 9. The average molecular weight is 507 g/mol. The summed E-state index contributed by atoms with van der Waals surface area (Å²) in [5, 5.41) is 0.961. The van der Waals surface area contributed by atoms with E-state index in [1.165, 1.54) is 0 Å². The number of piperazine rings is 1. The minimum absolute atomic E-state index is 0.0747. The molecule has 0 atom stereocenters. The molecule has 0 unspecified atom stereocenters. The Kier molecular flexibility index (Phi) is 8.45. The van der Waals surface area contributed by atoms with Crippen molar-refractivity contribution in [2.24, 2.45) is 0 Å². The fourth-order valence-corrected chi connectivity index (χ4v) is 4.53. The Hall–Kier alpha value is -3.85. The van der Waals surface area contributed by atoms with Crippen LogP contribution in [0.4, 0.5) is 5.82 Å². The maximum atomic E-state index is 13.6. The van der Waals surface area contributed by atoms with Crippen molar-refractivity contribution >= 4 is 28.5 Å². The van der Waals surface area contributed by atoms with Gasteiger partial charge in [-0.2, -0.15) is 0 Å². The van der Waals surface area contributed by atoms with Gasteiger partial charge in [0.15, 0.2) is 0 Å². The quantitative estimate of drug-likeness (QED) is 0.441. The summed E-state index contributed by atoms with van der Waals surface area (Å²) in [6, 6.07) is 15.1. The highest BCUT2D eigenvalue weighted by atomic mass is 16.5. The summed E-state index contributed by atoms with van der Waals surface area (Å²) >= 11 is 0. The summed E-state index contributed by atoms with van der Waals surface area (Å²) in [4.78, 5) is 36.3. The van der Waals surface area contributed by atoms with Crippen LogP contribution in [-0.2, 0) is 16.1 Å². The number of aromatic nitrogens is 1. The lowest BCUT2D eigenvalue weighted by molar-refractivity contribution is -0.129. The summed E-state index contributed by atoms with van der Waals surface area (Å²) in [6.45, 7) is 5.36. The number of benzene rings is 2. The van der Waals surface area contributed by atoms with Gasteiger partial charge in [-0.3, -0.25) is 9.59 Å². The molecule has 0 aliphatic carbocycles. The van der Waals surface area contributed by atoms with Crippen molar-refractivity contribution in [1.29, 1.82) is 0 Å². The van der Waals surface area contributed by atoms with Gasteiger partial charge in [-0.1, -0.05) is 6.07 Å². The molecule has 0 spiro atoms. The summed E-state index contributed by atoms with van der Waals surface area (Å²) < 4.78 is 16.1. The van der Waals surface area contributed by atoms with Crippen molar-refractivity contribution in [1.82, 2.24) is 14.8 Å². The summed E-state index contributed by atoms with van der Waals surface area (Å²) in [7, 11) is 4.84. The Morgan fingerprint density at radius 2 is 1.68 bits per heavy atom. The Balaban J connectivity index is 1.71. The third-order valence-electron chi connectivity index (χ3n) is 6.64. The second kappa shape index (κ2) is 11.9. The highest BCUT2D eigenvalue weighted by Crippen LogP contribution is 2.29. The number of amides is 2. The van der Waals surface area contributed by atoms with Crippen LogP contribution >= 0.6 is 0 Å². The van der Waals surface area contributed by atoms with Crippen molar-refractivity contribution in [2.45, 2.75) is 13.5 Å². The minimum atomic E-state index is -0.113. The topological polar surface area (TPSA) is 84.4 Å². The largest absolute Gasteiger partial charge is 0.497 e. The van der Waals surface area contributed by atoms with E-state index in [2.05, 4.69) is 11.0 Å². The van der Waals surface area contributed by atoms with E-state index in [1.807, 2.05) is 35.2 Å². The van der Waals surface area contributed by atoms with Gasteiger partial charge in [0.05, 0.1) is 26.3 Å². The van der Waals surface area contributed by atoms with Crippen LogP contribution in [0.1, 0.15) is 22.8 Å². The molecule has 4 rings (SSSR count). The van der Waals surface area contributed by atoms with Crippen molar-refractivity contribution in [3.8, 4) is 11.5 Å². The van der Waals surface area contributed by atoms with E-state index in [9.17, 15) is 9.59 Å². The first-order valence-corrected chi connectivity index (χ1v) is 12.3. The van der Waals surface area contributed by atoms with E-state index in [4.69, 9.17) is 19.2 Å². The average Bonchev–Trinajstić information content (AvgIpc) is 2.94. The van der Waals surface area contributed by atoms with Crippen LogP contribution in [0.15, 0.2) is 48.5 Å². The number of carbonyl (C=O) groups is 2. The van der Waals surface area contributed by atoms with Crippen LogP contribution in [-0.4, -0.2) is 87.3 Å². The number of pyridine rings is 1. The van der Waals surface area contributed by atoms with Gasteiger partial charge in [-0.15, -0.1) is 0 Å². The first-order valence-electron chi connectivity index (χ1n) is 12.3. The van der Waals surface area contributed by atoms with Gasteiger partial charge in [0, 0.05) is 75.9 Å². The third-order valence-corrected chi connectivity index (χ3v) is 6.64. The molecule has 1 aliphatic rings. The van der Waals surface area contributed by atoms with Gasteiger partial charge in [-0.05, 0) is 36.4 Å². The van der Waals surface area contributed by atoms with Gasteiger partial charge in [0.2, 0.25) is 5.91 Å². The molecule has 1 aromatic heterocycles. The molecule has 1 saturated heterocycles. The van der Waals surface area contributed by atoms with Gasteiger partial charge in [0.25, 0.3) is 5.91 Å². The zero-order chi connectivity index (χ0) is 26.4. The number of hydrogen-bond donors (Lipinski definition) is 0. The van der Waals surface area contributed by atoms with E-state index in [0.717, 1.165) is 28.0 Å². The number of nitrogens with zero attached hydrogens (tertiary/aromatic N) is 4. The Bertz CT molecular complexity index is 1260. The van der Waals surface area contributed by atoms with E-state index in [-0.39, 0.29) is 11.8 Å². The van der Waals surface area contributed by atoms with Gasteiger partial charge < -0.3 is 28.9 Å². The number of carbonyl (C=O) groups excluding carboxylic acids is 2. The van der Waals surface area contributed by atoms with Crippen molar-refractivity contribution < 1.29 is 23.8 Å². The molecule has 2 heterocycles. The van der Waals surface area contributed by atoms with Crippen molar-refractivity contribution in [3.63, 3.8) is 0 Å². The van der Waals surface area contributed by atoms with Crippen LogP contribution in [0.25, 0.3) is 10.9 Å². The van der Waals surface area contributed by atoms with Crippen molar-refractivity contribution in [2.75, 3.05) is 65.6 Å². The van der Waals surface area contributed by atoms with E-state index in [0.29, 0.717) is 57.2 Å². The predicted octanol–water partition coefficient (Wildman–Crippen LogP) is 3.21. The molecular weight excluding hydrogens is 472 g/mol. The lowest BCUT2D eigenvalue weighted by atomic mass is 10.1. The van der Waals surface area contributed by atoms with Crippen molar-refractivity contribution in [3.05, 3.63) is 59.7 Å². The number of ether oxygens (including phenoxy) is 3. The summed E-state index contributed by atoms with van der Waals surface area (Å²) in [5.41, 5.74) is 2.29. The molecule has 0 radical (unpaired) electrons. The SMILES string of the molecule is COCCN(Cc1cc2ccc(OC)cc2nc1N1CCN(C(C)=O)CC1)C(=O)c1cccc(OC)c1. The molecule has 0 saturated carbocycles. The van der Waals surface area contributed by atoms with Crippen LogP contribution in [0.5, 0.6) is 11.5 Å². The zero-order valence-corrected chi connectivity index (χ0v) is 21.9. The standard InChI is InChI=1S/C28H34N4O5/c1-20(33)30-10-12-31(13-11-30)27-23(16-21-8-9-25(37-4)18-26(21)29-27)19-32(14-15-35-2)28(34)22-6-5-7-24(17-22)36-3/h5-9,16-18H,10-15,19H2,1-4H3. The van der Waals surface area contributed by atoms with E-state index in [1.54, 1.807) is 45.3 Å². The zero-order valence-electron chi connectivity index (χ0n) is 21.9. The molecule has 3 aromatic rings. The smallest absolute Gasteiger partial charge is 0.254 e. The molecular formula is C28H34N4O5. The first-order chi connectivity index (χ1) is 17.9. The third kappa shape index (κ3) is 6.11. The molecule has 0 bridgehead atoms. The highest BCUT2D eigenvalue weighted by Gasteiger charge is 2.25. The lowest BCUT2D eigenvalue weighted by Crippen LogP contribution is -2.48. The van der Waals surface area contributed by atoms with Crippen LogP contribution < -0.4 is 14.4 Å². The molecule has 9 heteroatoms. The first kappa shape index (κ1) is 26.2. The molecule has 196 valence electrons. The van der Waals surface area contributed by atoms with Gasteiger partial charge in [-0.25, -0.2) is 4.98 Å². The fourth-order valence-electron chi connectivity index (χ4n) is 4.53. The van der Waals surface area contributed by atoms with Crippen LogP contribution in [0.2, 0.25) is 0 Å². The molecule has 1 fully saturated rings. The minimum Gasteiger partial charge on any atom is -0.497 e. The number of fused-ring (bicyclic) bond motifs is 1. The summed E-state index contributed by atoms with van der Waals surface area (Å²) in [6.07, 6.45) is 0. The second-order valence-corrected chi connectivity index (χ2v) is 8.97. The molecule has 1 aliphatic heterocycles. The van der Waals surface area contributed by atoms with Crippen LogP contribution in [0.3, 0.4) is 0 Å². The Labute approximate surface area is 217 Å². The molecule has 2 amide bonds. The predicted molar refractivity (Wildman–Crippen MR) is 142 cm³/mol. The highest BCUT2D eigenvalue weighted by molar-refractivity contribution is 5.95. The maximum Gasteiger partial charge on any atom is 0.254 e. The molecule has 2 aromatic carbocycles. The number of methoxy groups -OCH3 is 3. The fraction of sp³-hybridized carbons (Fsp3) is 0.393. The molecule has 37 heavy (non-hydrogen) atoms. The van der Waals surface area contributed by atoms with Crippen LogP contribution in [0, 0.1) is 0 Å². The Morgan fingerprint density at radius 3 is 2.35 bits per heavy atom. The van der Waals surface area contributed by atoms with E-state index < -0.39 is 0 Å². The Morgan fingerprint density at radius 1 is 0.946 bits per heavy atom. The monoisotopic (exact) mass is 506 g/mol. The van der Waals surface area contributed by atoms with Gasteiger partial charge >= 0.3 is 0 Å². The van der Waals surface area contributed by atoms with E-state index >= 15 is 0 Å².